The molecule has 1 fully saturated rings. The molecule has 0 saturated heterocycles. The molecule has 3 nitrogen and oxygen atoms in total. The van der Waals surface area contributed by atoms with Crippen molar-refractivity contribution in [1.29, 1.82) is 0 Å². The van der Waals surface area contributed by atoms with Crippen molar-refractivity contribution in [3.05, 3.63) is 46.2 Å². The zero-order valence-electron chi connectivity index (χ0n) is 20.9. The lowest BCUT2D eigenvalue weighted by Gasteiger charge is -2.26. The fourth-order valence-corrected chi connectivity index (χ4v) is 3.51. The first-order valence-electron chi connectivity index (χ1n) is 11.5. The van der Waals surface area contributed by atoms with E-state index in [9.17, 15) is 4.39 Å². The minimum Gasteiger partial charge on any atom is -0.402 e. The van der Waals surface area contributed by atoms with E-state index >= 15 is 0 Å². The Morgan fingerprint density at radius 3 is 2.19 bits per heavy atom. The SMILES string of the molecule is C=Cc1c(/C=C(\N)C2CC2)c(C)cc2c1CCCC2C.CC=O.CCC(C)(C)F.CN. The summed E-state index contributed by atoms with van der Waals surface area (Å²) >= 11 is 0. The second-order valence-electron chi connectivity index (χ2n) is 8.81. The number of alkyl halides is 1. The summed E-state index contributed by atoms with van der Waals surface area (Å²) in [4.78, 5) is 8.81. The van der Waals surface area contributed by atoms with Crippen LogP contribution in [0.1, 0.15) is 100 Å². The number of halogens is 1. The molecule has 1 aromatic carbocycles. The maximum absolute atomic E-state index is 12.1. The Morgan fingerprint density at radius 2 is 1.77 bits per heavy atom. The third-order valence-corrected chi connectivity index (χ3v) is 5.76. The molecule has 31 heavy (non-hydrogen) atoms. The molecule has 1 aromatic rings. The Kier molecular flexibility index (Phi) is 13.3. The Bertz CT molecular complexity index is 728. The maximum atomic E-state index is 12.1. The largest absolute Gasteiger partial charge is 0.402 e. The molecule has 0 heterocycles. The van der Waals surface area contributed by atoms with Gasteiger partial charge in [-0.05, 0) is 119 Å². The molecule has 2 aliphatic carbocycles. The number of benzene rings is 1. The van der Waals surface area contributed by atoms with E-state index in [1.165, 1.54) is 73.9 Å². The fraction of sp³-hybridized carbons (Fsp3) is 0.593. The molecule has 0 aromatic heterocycles. The highest BCUT2D eigenvalue weighted by Gasteiger charge is 2.25. The van der Waals surface area contributed by atoms with Gasteiger partial charge in [-0.25, -0.2) is 4.39 Å². The summed E-state index contributed by atoms with van der Waals surface area (Å²) in [5, 5.41) is 0. The number of hydrogen-bond acceptors (Lipinski definition) is 3. The number of hydrogen-bond donors (Lipinski definition) is 2. The van der Waals surface area contributed by atoms with Crippen LogP contribution in [0.3, 0.4) is 0 Å². The van der Waals surface area contributed by atoms with Gasteiger partial charge in [-0.1, -0.05) is 32.6 Å². The molecule has 0 bridgehead atoms. The molecule has 176 valence electrons. The molecule has 0 aliphatic heterocycles. The van der Waals surface area contributed by atoms with Gasteiger partial charge < -0.3 is 16.3 Å². The van der Waals surface area contributed by atoms with E-state index < -0.39 is 5.67 Å². The highest BCUT2D eigenvalue weighted by molar-refractivity contribution is 5.72. The van der Waals surface area contributed by atoms with Crippen molar-refractivity contribution >= 4 is 18.4 Å². The summed E-state index contributed by atoms with van der Waals surface area (Å²) in [6.45, 7) is 15.0. The lowest BCUT2D eigenvalue weighted by molar-refractivity contribution is -0.106. The minimum atomic E-state index is -0.958. The van der Waals surface area contributed by atoms with Crippen LogP contribution in [0.4, 0.5) is 4.39 Å². The zero-order chi connectivity index (χ0) is 24.2. The van der Waals surface area contributed by atoms with E-state index in [-0.39, 0.29) is 0 Å². The number of carbonyl (C=O) groups excluding carboxylic acids is 1. The van der Waals surface area contributed by atoms with Crippen LogP contribution in [0.15, 0.2) is 18.3 Å². The number of carbonyl (C=O) groups is 1. The van der Waals surface area contributed by atoms with Crippen molar-refractivity contribution in [2.45, 2.75) is 91.7 Å². The van der Waals surface area contributed by atoms with Gasteiger partial charge in [0.1, 0.15) is 12.0 Å². The van der Waals surface area contributed by atoms with Gasteiger partial charge in [0.25, 0.3) is 0 Å². The van der Waals surface area contributed by atoms with Crippen LogP contribution in [0.2, 0.25) is 0 Å². The highest BCUT2D eigenvalue weighted by Crippen LogP contribution is 2.39. The van der Waals surface area contributed by atoms with Gasteiger partial charge in [-0.2, -0.15) is 0 Å². The number of aldehydes is 1. The van der Waals surface area contributed by atoms with Crippen molar-refractivity contribution in [2.75, 3.05) is 7.05 Å². The standard InChI is InChI=1S/C19H25N.C5H11F.C2H4O.CH5N/c1-4-15-16-7-5-6-12(2)17(16)10-13(3)18(15)11-19(20)14-8-9-14;1-4-5(2,3)6;1-2-3;1-2/h4,10-12,14H,1,5-9,20H2,2-3H3;4H2,1-3H3;2H,1H3;2H2,1H3/b19-11-;;;. The highest BCUT2D eigenvalue weighted by atomic mass is 19.1. The summed E-state index contributed by atoms with van der Waals surface area (Å²) in [5.41, 5.74) is 17.9. The van der Waals surface area contributed by atoms with E-state index in [0.717, 1.165) is 12.0 Å². The van der Waals surface area contributed by atoms with Crippen LogP contribution < -0.4 is 11.5 Å². The number of allylic oxidation sites excluding steroid dienone is 1. The monoisotopic (exact) mass is 432 g/mol. The molecule has 1 saturated carbocycles. The molecule has 4 heteroatoms. The van der Waals surface area contributed by atoms with Gasteiger partial charge >= 0.3 is 0 Å². The fourth-order valence-electron chi connectivity index (χ4n) is 3.51. The van der Waals surface area contributed by atoms with Crippen LogP contribution in [0, 0.1) is 12.8 Å². The average Bonchev–Trinajstić information content (AvgIpc) is 3.57. The van der Waals surface area contributed by atoms with Gasteiger partial charge in [0.15, 0.2) is 0 Å². The van der Waals surface area contributed by atoms with E-state index in [1.807, 2.05) is 13.0 Å². The Labute approximate surface area is 190 Å². The predicted octanol–water partition coefficient (Wildman–Crippen LogP) is 6.71. The molecule has 4 N–H and O–H groups in total. The van der Waals surface area contributed by atoms with Crippen LogP contribution in [0.5, 0.6) is 0 Å². The Balaban J connectivity index is 0.000000692. The summed E-state index contributed by atoms with van der Waals surface area (Å²) in [5.74, 6) is 1.30. The van der Waals surface area contributed by atoms with Crippen molar-refractivity contribution in [1.82, 2.24) is 0 Å². The minimum absolute atomic E-state index is 0.604. The van der Waals surface area contributed by atoms with Gasteiger partial charge in [0.05, 0.1) is 0 Å². The lowest BCUT2D eigenvalue weighted by Crippen LogP contribution is -2.11. The van der Waals surface area contributed by atoms with Gasteiger partial charge in [-0.15, -0.1) is 0 Å². The first-order valence-corrected chi connectivity index (χ1v) is 11.5. The smallest absolute Gasteiger partial charge is 0.116 e. The first-order chi connectivity index (χ1) is 14.6. The molecule has 3 rings (SSSR count). The summed E-state index contributed by atoms with van der Waals surface area (Å²) in [6, 6.07) is 2.39. The number of fused-ring (bicyclic) bond motifs is 1. The topological polar surface area (TPSA) is 69.1 Å². The molecule has 0 radical (unpaired) electrons. The molecular weight excluding hydrogens is 387 g/mol. The zero-order valence-corrected chi connectivity index (χ0v) is 20.9. The Morgan fingerprint density at radius 1 is 1.26 bits per heavy atom. The van der Waals surface area contributed by atoms with Gasteiger partial charge in [-0.3, -0.25) is 0 Å². The van der Waals surface area contributed by atoms with E-state index in [2.05, 4.69) is 38.3 Å². The first kappa shape index (κ1) is 29.1. The lowest BCUT2D eigenvalue weighted by atomic mass is 9.78. The average molecular weight is 433 g/mol. The second-order valence-corrected chi connectivity index (χ2v) is 8.81. The van der Waals surface area contributed by atoms with E-state index in [4.69, 9.17) is 10.5 Å². The van der Waals surface area contributed by atoms with Gasteiger partial charge in [0, 0.05) is 5.70 Å². The third-order valence-electron chi connectivity index (χ3n) is 5.76. The molecule has 0 spiro atoms. The number of aryl methyl sites for hydroxylation is 1. The van der Waals surface area contributed by atoms with E-state index in [1.54, 1.807) is 13.8 Å². The maximum Gasteiger partial charge on any atom is 0.116 e. The normalized spacial score (nSPS) is 17.5. The molecule has 1 unspecified atom stereocenters. The van der Waals surface area contributed by atoms with E-state index in [0.29, 0.717) is 18.3 Å². The molecular formula is C27H45FN2O. The van der Waals surface area contributed by atoms with Gasteiger partial charge in [0.2, 0.25) is 0 Å². The third kappa shape index (κ3) is 9.82. The number of rotatable bonds is 4. The summed E-state index contributed by atoms with van der Waals surface area (Å²) in [7, 11) is 1.50. The Hall–Kier alpha value is -1.94. The van der Waals surface area contributed by atoms with Crippen molar-refractivity contribution < 1.29 is 9.18 Å². The summed E-state index contributed by atoms with van der Waals surface area (Å²) < 4.78 is 12.1. The molecule has 0 amide bonds. The number of nitrogens with two attached hydrogens (primary N) is 2. The molecule has 1 atom stereocenters. The van der Waals surface area contributed by atoms with Crippen LogP contribution >= 0.6 is 0 Å². The summed E-state index contributed by atoms with van der Waals surface area (Å²) in [6.07, 6.45) is 11.9. The van der Waals surface area contributed by atoms with Crippen LogP contribution in [-0.2, 0) is 11.2 Å². The predicted molar refractivity (Wildman–Crippen MR) is 135 cm³/mol. The van der Waals surface area contributed by atoms with Crippen LogP contribution in [-0.4, -0.2) is 19.0 Å². The van der Waals surface area contributed by atoms with Crippen molar-refractivity contribution in [3.63, 3.8) is 0 Å². The van der Waals surface area contributed by atoms with Crippen molar-refractivity contribution in [2.24, 2.45) is 17.4 Å². The quantitative estimate of drug-likeness (QED) is 0.519. The van der Waals surface area contributed by atoms with Crippen molar-refractivity contribution in [3.8, 4) is 0 Å². The molecule has 2 aliphatic rings. The van der Waals surface area contributed by atoms with Crippen LogP contribution in [0.25, 0.3) is 12.2 Å². The second kappa shape index (κ2) is 14.2.